The third-order valence-electron chi connectivity index (χ3n) is 3.26. The number of nitrogens with one attached hydrogen (secondary N) is 1. The molecule has 1 aliphatic heterocycles. The van der Waals surface area contributed by atoms with E-state index in [1.807, 2.05) is 18.2 Å². The van der Waals surface area contributed by atoms with Gasteiger partial charge in [0.15, 0.2) is 0 Å². The van der Waals surface area contributed by atoms with Crippen LogP contribution in [0.5, 0.6) is 0 Å². The number of rotatable bonds is 2. The molecule has 0 aliphatic carbocycles. The average molecular weight is 298 g/mol. The summed E-state index contributed by atoms with van der Waals surface area (Å²) in [6.45, 7) is 0. The predicted molar refractivity (Wildman–Crippen MR) is 83.2 cm³/mol. The molecule has 3 aromatic rings. The SMILES string of the molecule is O=C1Cc2cc(-c3csc(-c4cccs4)n3)ccc2N1. The van der Waals surface area contributed by atoms with E-state index in [1.54, 1.807) is 22.7 Å². The zero-order valence-corrected chi connectivity index (χ0v) is 12.1. The summed E-state index contributed by atoms with van der Waals surface area (Å²) >= 11 is 3.35. The van der Waals surface area contributed by atoms with Gasteiger partial charge in [0.25, 0.3) is 0 Å². The lowest BCUT2D eigenvalue weighted by Gasteiger charge is -2.01. The number of carbonyl (C=O) groups excluding carboxylic acids is 1. The maximum atomic E-state index is 11.4. The van der Waals surface area contributed by atoms with Crippen LogP contribution in [0, 0.1) is 0 Å². The molecule has 98 valence electrons. The summed E-state index contributed by atoms with van der Waals surface area (Å²) in [7, 11) is 0. The third kappa shape index (κ3) is 1.95. The maximum absolute atomic E-state index is 11.4. The molecule has 0 fully saturated rings. The van der Waals surface area contributed by atoms with Crippen molar-refractivity contribution in [1.82, 2.24) is 4.98 Å². The summed E-state index contributed by atoms with van der Waals surface area (Å²) in [5.41, 5.74) is 4.02. The number of aromatic nitrogens is 1. The molecule has 2 aromatic heterocycles. The first-order valence-corrected chi connectivity index (χ1v) is 7.98. The Labute approximate surface area is 123 Å². The summed E-state index contributed by atoms with van der Waals surface area (Å²) in [5, 5.41) is 8.02. The highest BCUT2D eigenvalue weighted by Gasteiger charge is 2.18. The highest BCUT2D eigenvalue weighted by molar-refractivity contribution is 7.20. The summed E-state index contributed by atoms with van der Waals surface area (Å²) in [5.74, 6) is 0.0645. The van der Waals surface area contributed by atoms with E-state index in [4.69, 9.17) is 4.98 Å². The summed E-state index contributed by atoms with van der Waals surface area (Å²) in [4.78, 5) is 17.3. The van der Waals surface area contributed by atoms with Gasteiger partial charge in [0.05, 0.1) is 17.0 Å². The van der Waals surface area contributed by atoms with Gasteiger partial charge in [-0.15, -0.1) is 22.7 Å². The van der Waals surface area contributed by atoms with Crippen molar-refractivity contribution < 1.29 is 4.79 Å². The number of hydrogen-bond acceptors (Lipinski definition) is 4. The van der Waals surface area contributed by atoms with Crippen molar-refractivity contribution in [2.75, 3.05) is 5.32 Å². The highest BCUT2D eigenvalue weighted by atomic mass is 32.1. The molecule has 1 aliphatic rings. The normalized spacial score (nSPS) is 13.3. The average Bonchev–Trinajstić information content (AvgIpc) is 3.17. The quantitative estimate of drug-likeness (QED) is 0.776. The molecule has 0 radical (unpaired) electrons. The topological polar surface area (TPSA) is 42.0 Å². The number of nitrogens with zero attached hydrogens (tertiary/aromatic N) is 1. The van der Waals surface area contributed by atoms with Gasteiger partial charge < -0.3 is 5.32 Å². The number of amides is 1. The predicted octanol–water partition coefficient (Wildman–Crippen LogP) is 4.03. The first-order chi connectivity index (χ1) is 9.79. The Bertz CT molecular complexity index is 790. The van der Waals surface area contributed by atoms with Gasteiger partial charge >= 0.3 is 0 Å². The standard InChI is InChI=1S/C15H10N2OS2/c18-14-7-10-6-9(3-4-11(10)16-14)12-8-20-15(17-12)13-2-1-5-19-13/h1-6,8H,7H2,(H,16,18). The minimum Gasteiger partial charge on any atom is -0.326 e. The van der Waals surface area contributed by atoms with Gasteiger partial charge in [0.2, 0.25) is 5.91 Å². The van der Waals surface area contributed by atoms with Crippen LogP contribution in [-0.4, -0.2) is 10.9 Å². The maximum Gasteiger partial charge on any atom is 0.228 e. The van der Waals surface area contributed by atoms with Crippen LogP contribution in [0.3, 0.4) is 0 Å². The van der Waals surface area contributed by atoms with Crippen LogP contribution >= 0.6 is 22.7 Å². The van der Waals surface area contributed by atoms with E-state index in [-0.39, 0.29) is 5.91 Å². The zero-order valence-electron chi connectivity index (χ0n) is 10.4. The Morgan fingerprint density at radius 2 is 2.15 bits per heavy atom. The van der Waals surface area contributed by atoms with E-state index in [2.05, 4.69) is 28.2 Å². The van der Waals surface area contributed by atoms with Crippen molar-refractivity contribution >= 4 is 34.3 Å². The van der Waals surface area contributed by atoms with Crippen LogP contribution in [0.4, 0.5) is 5.69 Å². The Morgan fingerprint density at radius 3 is 3.00 bits per heavy atom. The molecule has 3 heterocycles. The van der Waals surface area contributed by atoms with E-state index < -0.39 is 0 Å². The van der Waals surface area contributed by atoms with Crippen molar-refractivity contribution in [3.8, 4) is 21.1 Å². The van der Waals surface area contributed by atoms with Crippen molar-refractivity contribution in [3.05, 3.63) is 46.7 Å². The molecule has 5 heteroatoms. The second kappa shape index (κ2) is 4.54. The Morgan fingerprint density at radius 1 is 1.20 bits per heavy atom. The first kappa shape index (κ1) is 11.8. The summed E-state index contributed by atoms with van der Waals surface area (Å²) < 4.78 is 0. The largest absolute Gasteiger partial charge is 0.326 e. The molecule has 3 nitrogen and oxygen atoms in total. The van der Waals surface area contributed by atoms with Gasteiger partial charge in [0.1, 0.15) is 5.01 Å². The monoisotopic (exact) mass is 298 g/mol. The Hall–Kier alpha value is -1.98. The molecular weight excluding hydrogens is 288 g/mol. The zero-order chi connectivity index (χ0) is 13.5. The van der Waals surface area contributed by atoms with Gasteiger partial charge in [-0.05, 0) is 29.1 Å². The number of thiazole rings is 1. The van der Waals surface area contributed by atoms with Gasteiger partial charge in [-0.25, -0.2) is 4.98 Å². The van der Waals surface area contributed by atoms with Crippen LogP contribution in [0.2, 0.25) is 0 Å². The third-order valence-corrected chi connectivity index (χ3v) is 5.14. The van der Waals surface area contributed by atoms with Crippen LogP contribution in [-0.2, 0) is 11.2 Å². The molecule has 1 N–H and O–H groups in total. The summed E-state index contributed by atoms with van der Waals surface area (Å²) in [6.07, 6.45) is 0.463. The van der Waals surface area contributed by atoms with E-state index in [1.165, 1.54) is 4.88 Å². The first-order valence-electron chi connectivity index (χ1n) is 6.22. The van der Waals surface area contributed by atoms with Crippen LogP contribution in [0.25, 0.3) is 21.1 Å². The van der Waals surface area contributed by atoms with Crippen molar-refractivity contribution in [3.63, 3.8) is 0 Å². The van der Waals surface area contributed by atoms with Crippen molar-refractivity contribution in [1.29, 1.82) is 0 Å². The second-order valence-electron chi connectivity index (χ2n) is 4.61. The lowest BCUT2D eigenvalue weighted by Crippen LogP contribution is -2.03. The molecule has 0 unspecified atom stereocenters. The molecule has 0 saturated heterocycles. The van der Waals surface area contributed by atoms with Crippen molar-refractivity contribution in [2.45, 2.75) is 6.42 Å². The van der Waals surface area contributed by atoms with Gasteiger partial charge in [-0.1, -0.05) is 12.1 Å². The fraction of sp³-hybridized carbons (Fsp3) is 0.0667. The Balaban J connectivity index is 1.72. The molecule has 4 rings (SSSR count). The smallest absolute Gasteiger partial charge is 0.228 e. The van der Waals surface area contributed by atoms with Gasteiger partial charge in [-0.2, -0.15) is 0 Å². The van der Waals surface area contributed by atoms with E-state index in [0.29, 0.717) is 6.42 Å². The van der Waals surface area contributed by atoms with Crippen molar-refractivity contribution in [2.24, 2.45) is 0 Å². The number of benzene rings is 1. The molecule has 0 atom stereocenters. The number of thiophene rings is 1. The number of hydrogen-bond donors (Lipinski definition) is 1. The molecule has 20 heavy (non-hydrogen) atoms. The minimum atomic E-state index is 0.0645. The van der Waals surface area contributed by atoms with E-state index in [0.717, 1.165) is 27.5 Å². The molecule has 1 amide bonds. The highest BCUT2D eigenvalue weighted by Crippen LogP contribution is 2.33. The summed E-state index contributed by atoms with van der Waals surface area (Å²) in [6, 6.07) is 10.1. The molecule has 0 bridgehead atoms. The van der Waals surface area contributed by atoms with E-state index >= 15 is 0 Å². The van der Waals surface area contributed by atoms with E-state index in [9.17, 15) is 4.79 Å². The lowest BCUT2D eigenvalue weighted by molar-refractivity contribution is -0.115. The fourth-order valence-corrected chi connectivity index (χ4v) is 3.95. The van der Waals surface area contributed by atoms with Crippen LogP contribution < -0.4 is 5.32 Å². The molecule has 1 aromatic carbocycles. The molecular formula is C15H10N2OS2. The molecule has 0 saturated carbocycles. The minimum absolute atomic E-state index is 0.0645. The Kier molecular flexibility index (Phi) is 2.68. The fourth-order valence-electron chi connectivity index (χ4n) is 2.31. The van der Waals surface area contributed by atoms with Gasteiger partial charge in [0, 0.05) is 16.6 Å². The lowest BCUT2D eigenvalue weighted by atomic mass is 10.1. The second-order valence-corrected chi connectivity index (χ2v) is 6.42. The van der Waals surface area contributed by atoms with Crippen LogP contribution in [0.1, 0.15) is 5.56 Å². The number of anilines is 1. The number of carbonyl (C=O) groups is 1. The van der Waals surface area contributed by atoms with Crippen LogP contribution in [0.15, 0.2) is 41.1 Å². The number of fused-ring (bicyclic) bond motifs is 1. The molecule has 0 spiro atoms. The van der Waals surface area contributed by atoms with Gasteiger partial charge in [-0.3, -0.25) is 4.79 Å².